The second-order valence-corrected chi connectivity index (χ2v) is 9.31. The highest BCUT2D eigenvalue weighted by Crippen LogP contribution is 2.49. The molecule has 1 aromatic heterocycles. The lowest BCUT2D eigenvalue weighted by Gasteiger charge is -2.43. The van der Waals surface area contributed by atoms with Crippen LogP contribution < -0.4 is 9.80 Å². The summed E-state index contributed by atoms with van der Waals surface area (Å²) in [6.07, 6.45) is 6.66. The van der Waals surface area contributed by atoms with Gasteiger partial charge in [0, 0.05) is 37.4 Å². The summed E-state index contributed by atoms with van der Waals surface area (Å²) < 4.78 is 0. The maximum Gasteiger partial charge on any atom is 0.225 e. The Morgan fingerprint density at radius 1 is 1.03 bits per heavy atom. The lowest BCUT2D eigenvalue weighted by atomic mass is 9.60. The minimum atomic E-state index is 0.0967. The quantitative estimate of drug-likeness (QED) is 0.636. The Labute approximate surface area is 190 Å². The summed E-state index contributed by atoms with van der Waals surface area (Å²) in [6.45, 7) is 4.55. The number of likely N-dealkylation sites (N-methyl/N-ethyl adjacent to an activating group) is 1. The Bertz CT molecular complexity index is 1070. The van der Waals surface area contributed by atoms with Gasteiger partial charge in [0.2, 0.25) is 5.95 Å². The molecule has 5 heteroatoms. The van der Waals surface area contributed by atoms with E-state index in [0.29, 0.717) is 12.5 Å². The summed E-state index contributed by atoms with van der Waals surface area (Å²) in [4.78, 5) is 13.6. The van der Waals surface area contributed by atoms with E-state index in [4.69, 9.17) is 4.98 Å². The van der Waals surface area contributed by atoms with Gasteiger partial charge in [0.1, 0.15) is 0 Å². The van der Waals surface area contributed by atoms with Gasteiger partial charge in [-0.15, -0.1) is 0 Å². The average Bonchev–Trinajstić information content (AvgIpc) is 2.79. The number of anilines is 2. The molecule has 2 aromatic carbocycles. The predicted molar refractivity (Wildman–Crippen MR) is 129 cm³/mol. The molecular weight excluding hydrogens is 396 g/mol. The maximum atomic E-state index is 9.21. The fourth-order valence-corrected chi connectivity index (χ4v) is 5.09. The van der Waals surface area contributed by atoms with Crippen molar-refractivity contribution < 1.29 is 5.11 Å². The lowest BCUT2D eigenvalue weighted by Crippen LogP contribution is -2.35. The number of aromatic nitrogens is 2. The SMILES string of the molecule is Cc1ccc(C2(c3ccc(N4CCc5cnc(N(C)CCO)nc5C4)cc3)CCC2)cc1. The Hall–Kier alpha value is -2.92. The molecule has 5 rings (SSSR count). The zero-order valence-electron chi connectivity index (χ0n) is 19.1. The maximum absolute atomic E-state index is 9.21. The van der Waals surface area contributed by atoms with Crippen LogP contribution >= 0.6 is 0 Å². The summed E-state index contributed by atoms with van der Waals surface area (Å²) in [5.41, 5.74) is 7.95. The van der Waals surface area contributed by atoms with Gasteiger partial charge in [-0.1, -0.05) is 48.4 Å². The molecule has 1 aliphatic carbocycles. The largest absolute Gasteiger partial charge is 0.395 e. The Balaban J connectivity index is 1.36. The monoisotopic (exact) mass is 428 g/mol. The molecule has 2 heterocycles. The van der Waals surface area contributed by atoms with Gasteiger partial charge in [-0.25, -0.2) is 9.97 Å². The van der Waals surface area contributed by atoms with Crippen molar-refractivity contribution in [3.63, 3.8) is 0 Å². The molecule has 2 aliphatic rings. The number of aliphatic hydroxyl groups is 1. The van der Waals surface area contributed by atoms with Crippen molar-refractivity contribution in [2.45, 2.75) is 44.6 Å². The molecule has 0 amide bonds. The minimum absolute atomic E-state index is 0.0967. The Morgan fingerprint density at radius 3 is 2.34 bits per heavy atom. The predicted octanol–water partition coefficient (Wildman–Crippen LogP) is 4.25. The third-order valence-electron chi connectivity index (χ3n) is 7.31. The van der Waals surface area contributed by atoms with Crippen LogP contribution in [0.5, 0.6) is 0 Å². The number of aryl methyl sites for hydroxylation is 1. The first-order valence-corrected chi connectivity index (χ1v) is 11.7. The molecule has 1 saturated carbocycles. The van der Waals surface area contributed by atoms with Gasteiger partial charge in [0.25, 0.3) is 0 Å². The Kier molecular flexibility index (Phi) is 5.60. The van der Waals surface area contributed by atoms with Gasteiger partial charge in [-0.2, -0.15) is 0 Å². The molecule has 0 atom stereocenters. The van der Waals surface area contributed by atoms with Crippen LogP contribution in [0.15, 0.2) is 54.7 Å². The van der Waals surface area contributed by atoms with Crippen molar-refractivity contribution in [2.24, 2.45) is 0 Å². The highest BCUT2D eigenvalue weighted by molar-refractivity contribution is 5.53. The van der Waals surface area contributed by atoms with Crippen LogP contribution in [0, 0.1) is 6.92 Å². The van der Waals surface area contributed by atoms with Crippen molar-refractivity contribution in [1.82, 2.24) is 9.97 Å². The summed E-state index contributed by atoms with van der Waals surface area (Å²) in [5, 5.41) is 9.21. The summed E-state index contributed by atoms with van der Waals surface area (Å²) >= 11 is 0. The fourth-order valence-electron chi connectivity index (χ4n) is 5.09. The van der Waals surface area contributed by atoms with Crippen LogP contribution in [-0.2, 0) is 18.4 Å². The zero-order valence-corrected chi connectivity index (χ0v) is 19.1. The van der Waals surface area contributed by atoms with Gasteiger partial charge in [0.05, 0.1) is 18.8 Å². The van der Waals surface area contributed by atoms with E-state index in [2.05, 4.69) is 65.3 Å². The van der Waals surface area contributed by atoms with Crippen LogP contribution in [0.25, 0.3) is 0 Å². The Morgan fingerprint density at radius 2 is 1.72 bits per heavy atom. The van der Waals surface area contributed by atoms with Crippen LogP contribution in [0.1, 0.15) is 47.2 Å². The number of aliphatic hydroxyl groups excluding tert-OH is 1. The lowest BCUT2D eigenvalue weighted by molar-refractivity contribution is 0.301. The normalized spacial score (nSPS) is 16.9. The van der Waals surface area contributed by atoms with Gasteiger partial charge in [-0.05, 0) is 55.0 Å². The van der Waals surface area contributed by atoms with Crippen molar-refractivity contribution in [1.29, 1.82) is 0 Å². The first-order chi connectivity index (χ1) is 15.6. The molecule has 3 aromatic rings. The molecule has 0 spiro atoms. The molecule has 0 saturated heterocycles. The number of rotatable bonds is 6. The minimum Gasteiger partial charge on any atom is -0.395 e. The third-order valence-corrected chi connectivity index (χ3v) is 7.31. The van der Waals surface area contributed by atoms with Gasteiger partial charge in [-0.3, -0.25) is 0 Å². The van der Waals surface area contributed by atoms with Crippen molar-refractivity contribution in [3.8, 4) is 0 Å². The van der Waals surface area contributed by atoms with Crippen LogP contribution in [0.2, 0.25) is 0 Å². The van der Waals surface area contributed by atoms with E-state index >= 15 is 0 Å². The highest BCUT2D eigenvalue weighted by atomic mass is 16.3. The van der Waals surface area contributed by atoms with Crippen molar-refractivity contribution in [3.05, 3.63) is 82.7 Å². The third kappa shape index (κ3) is 3.75. The molecule has 1 aliphatic heterocycles. The van der Waals surface area contributed by atoms with Gasteiger partial charge >= 0.3 is 0 Å². The first kappa shape index (κ1) is 21.0. The fraction of sp³-hybridized carbons (Fsp3) is 0.407. The molecule has 166 valence electrons. The molecule has 1 fully saturated rings. The van der Waals surface area contributed by atoms with Crippen molar-refractivity contribution >= 4 is 11.6 Å². The second kappa shape index (κ2) is 8.55. The van der Waals surface area contributed by atoms with E-state index in [9.17, 15) is 5.11 Å². The number of benzene rings is 2. The van der Waals surface area contributed by atoms with Gasteiger partial charge in [0.15, 0.2) is 0 Å². The van der Waals surface area contributed by atoms with E-state index in [1.165, 1.54) is 47.2 Å². The summed E-state index contributed by atoms with van der Waals surface area (Å²) in [5.74, 6) is 0.681. The number of hydrogen-bond acceptors (Lipinski definition) is 5. The molecule has 32 heavy (non-hydrogen) atoms. The molecule has 5 nitrogen and oxygen atoms in total. The van der Waals surface area contributed by atoms with Crippen LogP contribution in [0.3, 0.4) is 0 Å². The van der Waals surface area contributed by atoms with E-state index in [1.807, 2.05) is 18.1 Å². The highest BCUT2D eigenvalue weighted by Gasteiger charge is 2.40. The molecular formula is C27H32N4O. The molecule has 0 radical (unpaired) electrons. The summed E-state index contributed by atoms with van der Waals surface area (Å²) in [6, 6.07) is 18.4. The van der Waals surface area contributed by atoms with E-state index in [0.717, 1.165) is 25.2 Å². The van der Waals surface area contributed by atoms with E-state index < -0.39 is 0 Å². The van der Waals surface area contributed by atoms with Crippen molar-refractivity contribution in [2.75, 3.05) is 36.5 Å². The average molecular weight is 429 g/mol. The smallest absolute Gasteiger partial charge is 0.225 e. The van der Waals surface area contributed by atoms with E-state index in [-0.39, 0.29) is 12.0 Å². The van der Waals surface area contributed by atoms with Crippen LogP contribution in [-0.4, -0.2) is 41.8 Å². The summed E-state index contributed by atoms with van der Waals surface area (Å²) in [7, 11) is 1.92. The first-order valence-electron chi connectivity index (χ1n) is 11.7. The number of nitrogens with zero attached hydrogens (tertiary/aromatic N) is 4. The number of hydrogen-bond donors (Lipinski definition) is 1. The van der Waals surface area contributed by atoms with Gasteiger partial charge < -0.3 is 14.9 Å². The second-order valence-electron chi connectivity index (χ2n) is 9.31. The standard InChI is InChI=1S/C27H32N4O/c1-20-4-6-22(7-5-20)27(13-3-14-27)23-8-10-24(11-9-23)31-15-12-21-18-28-26(29-25(21)19-31)30(2)16-17-32/h4-11,18,32H,3,12-17,19H2,1-2H3. The number of fused-ring (bicyclic) bond motifs is 1. The van der Waals surface area contributed by atoms with E-state index in [1.54, 1.807) is 0 Å². The molecule has 0 unspecified atom stereocenters. The zero-order chi connectivity index (χ0) is 22.1. The topological polar surface area (TPSA) is 52.5 Å². The van der Waals surface area contributed by atoms with Crippen LogP contribution in [0.4, 0.5) is 11.6 Å². The molecule has 1 N–H and O–H groups in total. The molecule has 0 bridgehead atoms.